The number of rotatable bonds is 14. The van der Waals surface area contributed by atoms with Crippen molar-refractivity contribution in [2.24, 2.45) is 0 Å². The van der Waals surface area contributed by atoms with Crippen molar-refractivity contribution in [2.45, 2.75) is 95.5 Å². The van der Waals surface area contributed by atoms with Crippen molar-refractivity contribution in [3.63, 3.8) is 0 Å². The van der Waals surface area contributed by atoms with Gasteiger partial charge in [0, 0.05) is 0 Å². The highest BCUT2D eigenvalue weighted by Gasteiger charge is 2.38. The molecule has 1 heterocycles. The lowest BCUT2D eigenvalue weighted by Gasteiger charge is -2.37. The molecule has 4 atom stereocenters. The van der Waals surface area contributed by atoms with Gasteiger partial charge in [0.25, 0.3) is 0 Å². The van der Waals surface area contributed by atoms with Crippen LogP contribution in [-0.2, 0) is 9.47 Å². The normalized spacial score (nSPS) is 27.2. The number of unbranched alkanes of at least 4 members (excludes halogenated alkanes) is 8. The van der Waals surface area contributed by atoms with Gasteiger partial charge in [-0.25, -0.2) is 0 Å². The molecule has 1 saturated heterocycles. The maximum atomic E-state index is 10.0. The molecule has 0 saturated carbocycles. The van der Waals surface area contributed by atoms with Crippen LogP contribution in [0.4, 0.5) is 0 Å². The fourth-order valence-electron chi connectivity index (χ4n) is 3.13. The van der Waals surface area contributed by atoms with Crippen molar-refractivity contribution in [3.8, 4) is 0 Å². The average molecular weight is 359 g/mol. The van der Waals surface area contributed by atoms with Gasteiger partial charge < -0.3 is 24.8 Å². The molecule has 0 aliphatic carbocycles. The first kappa shape index (κ1) is 22.6. The molecule has 0 aromatic carbocycles. The molecule has 0 bridgehead atoms. The summed E-state index contributed by atoms with van der Waals surface area (Å²) in [5, 5.41) is 29.0. The van der Waals surface area contributed by atoms with Gasteiger partial charge in [-0.15, -0.1) is 0 Å². The molecule has 3 N–H and O–H groups in total. The van der Waals surface area contributed by atoms with Crippen molar-refractivity contribution < 1.29 is 24.8 Å². The molecule has 148 valence electrons. The number of allylic oxidation sites excluding steroid dienone is 1. The minimum Gasteiger partial charge on any atom is -0.394 e. The van der Waals surface area contributed by atoms with Crippen LogP contribution in [-0.4, -0.2) is 59.6 Å². The highest BCUT2D eigenvalue weighted by atomic mass is 16.6. The van der Waals surface area contributed by atoms with E-state index >= 15 is 0 Å². The molecule has 0 unspecified atom stereocenters. The number of aliphatic hydroxyl groups is 3. The fraction of sp³-hybridized carbons (Fsp3) is 0.900. The zero-order valence-electron chi connectivity index (χ0n) is 15.8. The lowest BCUT2D eigenvalue weighted by Crippen LogP contribution is -2.55. The Hall–Kier alpha value is -0.460. The average Bonchev–Trinajstić information content (AvgIpc) is 2.61. The first-order chi connectivity index (χ1) is 12.2. The van der Waals surface area contributed by atoms with Crippen molar-refractivity contribution in [3.05, 3.63) is 12.2 Å². The topological polar surface area (TPSA) is 79.2 Å². The van der Waals surface area contributed by atoms with Crippen LogP contribution < -0.4 is 0 Å². The number of hydrogen-bond donors (Lipinski definition) is 3. The molecule has 0 aromatic rings. The van der Waals surface area contributed by atoms with E-state index in [0.717, 1.165) is 12.8 Å². The van der Waals surface area contributed by atoms with E-state index in [1.807, 2.05) is 0 Å². The van der Waals surface area contributed by atoms with Gasteiger partial charge in [-0.3, -0.25) is 0 Å². The minimum absolute atomic E-state index is 0.0846. The van der Waals surface area contributed by atoms with Gasteiger partial charge in [0.05, 0.1) is 19.8 Å². The minimum atomic E-state index is -0.991. The summed E-state index contributed by atoms with van der Waals surface area (Å²) in [6, 6.07) is 0. The van der Waals surface area contributed by atoms with E-state index < -0.39 is 24.4 Å². The summed E-state index contributed by atoms with van der Waals surface area (Å²) >= 11 is 0. The van der Waals surface area contributed by atoms with E-state index in [0.29, 0.717) is 6.61 Å². The predicted octanol–water partition coefficient (Wildman–Crippen LogP) is 2.96. The van der Waals surface area contributed by atoms with Gasteiger partial charge in [0.2, 0.25) is 0 Å². The fourth-order valence-corrected chi connectivity index (χ4v) is 3.13. The Morgan fingerprint density at radius 1 is 0.960 bits per heavy atom. The molecule has 5 nitrogen and oxygen atoms in total. The van der Waals surface area contributed by atoms with Crippen molar-refractivity contribution in [1.29, 1.82) is 0 Å². The second kappa shape index (κ2) is 14.7. The molecule has 0 spiro atoms. The molecule has 1 rings (SSSR count). The maximum Gasteiger partial charge on any atom is 0.114 e. The Kier molecular flexibility index (Phi) is 13.3. The first-order valence-electron chi connectivity index (χ1n) is 10.1. The number of ether oxygens (including phenoxy) is 2. The van der Waals surface area contributed by atoms with Crippen molar-refractivity contribution in [1.82, 2.24) is 0 Å². The van der Waals surface area contributed by atoms with E-state index in [1.165, 1.54) is 51.4 Å². The third-order valence-electron chi connectivity index (χ3n) is 4.74. The molecule has 0 aromatic heterocycles. The standard InChI is InChI=1S/C20H38O5/c1-2-3-4-5-6-7-8-9-10-11-12-13-14-24-20-17(22)16-25-18(15-21)19(20)23/h11-12,17-23H,2-10,13-16H2,1H3/b12-11+/t17-,18+,19+,20+/m0/s1. The van der Waals surface area contributed by atoms with E-state index in [2.05, 4.69) is 19.1 Å². The summed E-state index contributed by atoms with van der Waals surface area (Å²) in [6.45, 7) is 2.51. The molecule has 0 amide bonds. The van der Waals surface area contributed by atoms with E-state index in [9.17, 15) is 10.2 Å². The highest BCUT2D eigenvalue weighted by molar-refractivity contribution is 4.88. The van der Waals surface area contributed by atoms with Gasteiger partial charge in [-0.05, 0) is 19.3 Å². The Morgan fingerprint density at radius 3 is 2.28 bits per heavy atom. The smallest absolute Gasteiger partial charge is 0.114 e. The third-order valence-corrected chi connectivity index (χ3v) is 4.74. The van der Waals surface area contributed by atoms with Gasteiger partial charge in [0.1, 0.15) is 24.4 Å². The molecule has 1 aliphatic rings. The lowest BCUT2D eigenvalue weighted by molar-refractivity contribution is -0.210. The first-order valence-corrected chi connectivity index (χ1v) is 10.1. The number of aliphatic hydroxyl groups excluding tert-OH is 3. The predicted molar refractivity (Wildman–Crippen MR) is 99.6 cm³/mol. The van der Waals surface area contributed by atoms with Crippen molar-refractivity contribution >= 4 is 0 Å². The van der Waals surface area contributed by atoms with Crippen LogP contribution in [0.1, 0.15) is 71.1 Å². The molecule has 5 heteroatoms. The zero-order valence-corrected chi connectivity index (χ0v) is 15.8. The third kappa shape index (κ3) is 9.71. The number of hydrogen-bond acceptors (Lipinski definition) is 5. The van der Waals surface area contributed by atoms with Crippen LogP contribution in [0, 0.1) is 0 Å². The lowest BCUT2D eigenvalue weighted by atomic mass is 10.0. The Balaban J connectivity index is 1.99. The molecule has 1 aliphatic heterocycles. The van der Waals surface area contributed by atoms with Crippen LogP contribution in [0.25, 0.3) is 0 Å². The largest absolute Gasteiger partial charge is 0.394 e. The van der Waals surface area contributed by atoms with Gasteiger partial charge in [-0.1, -0.05) is 64.0 Å². The Morgan fingerprint density at radius 2 is 1.60 bits per heavy atom. The zero-order chi connectivity index (χ0) is 18.3. The summed E-state index contributed by atoms with van der Waals surface area (Å²) in [5.41, 5.74) is 0. The second-order valence-corrected chi connectivity index (χ2v) is 6.97. The van der Waals surface area contributed by atoms with Crippen LogP contribution >= 0.6 is 0 Å². The van der Waals surface area contributed by atoms with Crippen LogP contribution in [0.5, 0.6) is 0 Å². The van der Waals surface area contributed by atoms with Crippen LogP contribution in [0.15, 0.2) is 12.2 Å². The summed E-state index contributed by atoms with van der Waals surface area (Å²) in [7, 11) is 0. The molecule has 25 heavy (non-hydrogen) atoms. The Bertz CT molecular complexity index is 334. The van der Waals surface area contributed by atoms with E-state index in [-0.39, 0.29) is 13.2 Å². The van der Waals surface area contributed by atoms with Crippen molar-refractivity contribution in [2.75, 3.05) is 19.8 Å². The van der Waals surface area contributed by atoms with Gasteiger partial charge >= 0.3 is 0 Å². The summed E-state index contributed by atoms with van der Waals surface area (Å²) in [6.07, 6.45) is 13.6. The second-order valence-electron chi connectivity index (χ2n) is 6.97. The Labute approximate surface area is 153 Å². The summed E-state index contributed by atoms with van der Waals surface area (Å²) < 4.78 is 10.7. The maximum absolute atomic E-state index is 10.0. The van der Waals surface area contributed by atoms with Gasteiger partial charge in [0.15, 0.2) is 0 Å². The molecular weight excluding hydrogens is 320 g/mol. The van der Waals surface area contributed by atoms with E-state index in [4.69, 9.17) is 14.6 Å². The quantitative estimate of drug-likeness (QED) is 0.329. The molecular formula is C20H38O5. The van der Waals surface area contributed by atoms with Crippen LogP contribution in [0.3, 0.4) is 0 Å². The van der Waals surface area contributed by atoms with Gasteiger partial charge in [-0.2, -0.15) is 0 Å². The highest BCUT2D eigenvalue weighted by Crippen LogP contribution is 2.18. The SMILES string of the molecule is CCCCCCCCCC/C=C/CCO[C@H]1[C@H](O)[C@@H](CO)OC[C@@H]1O. The van der Waals surface area contributed by atoms with E-state index in [1.54, 1.807) is 0 Å². The molecule has 1 fully saturated rings. The summed E-state index contributed by atoms with van der Waals surface area (Å²) in [4.78, 5) is 0. The molecule has 0 radical (unpaired) electrons. The van der Waals surface area contributed by atoms with Crippen LogP contribution in [0.2, 0.25) is 0 Å². The summed E-state index contributed by atoms with van der Waals surface area (Å²) in [5.74, 6) is 0. The monoisotopic (exact) mass is 358 g/mol.